The summed E-state index contributed by atoms with van der Waals surface area (Å²) in [4.78, 5) is 49.1. The number of methoxy groups -OCH3 is 1. The average Bonchev–Trinajstić information content (AvgIpc) is 2.92. The second-order valence-corrected chi connectivity index (χ2v) is 5.97. The Morgan fingerprint density at radius 1 is 1.45 bits per heavy atom. The monoisotopic (exact) mass is 324 g/mol. The Kier molecular flexibility index (Phi) is 4.92. The smallest absolute Gasteiger partial charge is 0.325 e. The Morgan fingerprint density at radius 3 is 2.77 bits per heavy atom. The first-order valence-electron chi connectivity index (χ1n) is 6.70. The fourth-order valence-electron chi connectivity index (χ4n) is 2.19. The number of carbonyl (C=O) groups is 4. The van der Waals surface area contributed by atoms with Gasteiger partial charge in [0.05, 0.1) is 12.7 Å². The molecule has 0 saturated carbocycles. The van der Waals surface area contributed by atoms with Crippen molar-refractivity contribution < 1.29 is 23.9 Å². The molecule has 118 valence electrons. The molecule has 2 heterocycles. The van der Waals surface area contributed by atoms with Crippen molar-refractivity contribution in [2.24, 2.45) is 0 Å². The van der Waals surface area contributed by atoms with E-state index in [2.05, 4.69) is 10.1 Å². The first-order chi connectivity index (χ1) is 10.4. The minimum atomic E-state index is -0.811. The van der Waals surface area contributed by atoms with Crippen LogP contribution in [0.5, 0.6) is 0 Å². The maximum Gasteiger partial charge on any atom is 0.325 e. The van der Waals surface area contributed by atoms with E-state index in [0.717, 1.165) is 9.78 Å². The van der Waals surface area contributed by atoms with E-state index in [1.807, 2.05) is 6.92 Å². The molecule has 1 aromatic heterocycles. The minimum Gasteiger partial charge on any atom is -0.468 e. The third-order valence-electron chi connectivity index (χ3n) is 3.44. The van der Waals surface area contributed by atoms with Crippen LogP contribution in [0.1, 0.15) is 28.1 Å². The van der Waals surface area contributed by atoms with Crippen molar-refractivity contribution in [2.75, 3.05) is 13.7 Å². The maximum absolute atomic E-state index is 12.3. The molecule has 0 aromatic carbocycles. The number of piperidine rings is 1. The Labute approximate surface area is 131 Å². The minimum absolute atomic E-state index is 0.0936. The summed E-state index contributed by atoms with van der Waals surface area (Å²) in [7, 11) is 1.18. The van der Waals surface area contributed by atoms with Crippen molar-refractivity contribution in [1.82, 2.24) is 10.2 Å². The number of nitrogens with one attached hydrogen (secondary N) is 1. The van der Waals surface area contributed by atoms with Crippen LogP contribution in [0, 0.1) is 6.92 Å². The molecule has 0 radical (unpaired) electrons. The zero-order valence-electron chi connectivity index (χ0n) is 12.3. The zero-order valence-corrected chi connectivity index (χ0v) is 13.1. The van der Waals surface area contributed by atoms with Crippen LogP contribution < -0.4 is 5.32 Å². The van der Waals surface area contributed by atoms with E-state index in [-0.39, 0.29) is 18.7 Å². The topological polar surface area (TPSA) is 92.8 Å². The number of hydrogen-bond donors (Lipinski definition) is 1. The highest BCUT2D eigenvalue weighted by molar-refractivity contribution is 7.10. The summed E-state index contributed by atoms with van der Waals surface area (Å²) in [6, 6.07) is 0.870. The molecule has 22 heavy (non-hydrogen) atoms. The second kappa shape index (κ2) is 6.69. The van der Waals surface area contributed by atoms with Crippen molar-refractivity contribution in [2.45, 2.75) is 25.8 Å². The van der Waals surface area contributed by atoms with Gasteiger partial charge in [0.15, 0.2) is 0 Å². The highest BCUT2D eigenvalue weighted by Gasteiger charge is 2.36. The Hall–Kier alpha value is -2.22. The molecule has 1 aromatic rings. The van der Waals surface area contributed by atoms with Gasteiger partial charge in [-0.15, -0.1) is 11.3 Å². The Balaban J connectivity index is 2.07. The molecule has 1 saturated heterocycles. The molecule has 7 nitrogen and oxygen atoms in total. The molecule has 8 heteroatoms. The molecule has 1 aliphatic heterocycles. The van der Waals surface area contributed by atoms with Gasteiger partial charge in [-0.1, -0.05) is 0 Å². The van der Waals surface area contributed by atoms with E-state index in [1.165, 1.54) is 18.4 Å². The first-order valence-corrected chi connectivity index (χ1v) is 7.58. The molecule has 1 fully saturated rings. The van der Waals surface area contributed by atoms with Crippen LogP contribution in [0.2, 0.25) is 0 Å². The zero-order chi connectivity index (χ0) is 16.3. The average molecular weight is 324 g/mol. The van der Waals surface area contributed by atoms with Crippen molar-refractivity contribution in [3.8, 4) is 0 Å². The van der Waals surface area contributed by atoms with Gasteiger partial charge < -0.3 is 10.1 Å². The standard InChI is InChI=1S/C14H16N2O5S/c1-8-9(5-6-22-8)13(19)15-10-3-4-11(17)16(14(10)20)7-12(18)21-2/h5-6,10H,3-4,7H2,1-2H3,(H,15,19). The normalized spacial score (nSPS) is 18.3. The van der Waals surface area contributed by atoms with Crippen molar-refractivity contribution >= 4 is 35.0 Å². The van der Waals surface area contributed by atoms with Crippen LogP contribution in [0.25, 0.3) is 0 Å². The lowest BCUT2D eigenvalue weighted by atomic mass is 10.0. The van der Waals surface area contributed by atoms with Gasteiger partial charge in [0.1, 0.15) is 12.6 Å². The van der Waals surface area contributed by atoms with Crippen molar-refractivity contribution in [1.29, 1.82) is 0 Å². The fourth-order valence-corrected chi connectivity index (χ4v) is 2.88. The molecule has 0 aliphatic carbocycles. The number of rotatable bonds is 4. The Bertz CT molecular complexity index is 625. The highest BCUT2D eigenvalue weighted by atomic mass is 32.1. The summed E-state index contributed by atoms with van der Waals surface area (Å²) in [5, 5.41) is 4.42. The van der Waals surface area contributed by atoms with Crippen LogP contribution in [0.15, 0.2) is 11.4 Å². The van der Waals surface area contributed by atoms with Gasteiger partial charge in [-0.2, -0.15) is 0 Å². The van der Waals surface area contributed by atoms with Gasteiger partial charge >= 0.3 is 5.97 Å². The van der Waals surface area contributed by atoms with E-state index in [4.69, 9.17) is 0 Å². The summed E-state index contributed by atoms with van der Waals surface area (Å²) < 4.78 is 4.47. The van der Waals surface area contributed by atoms with Gasteiger partial charge in [0.2, 0.25) is 5.91 Å². The van der Waals surface area contributed by atoms with E-state index in [1.54, 1.807) is 11.4 Å². The van der Waals surface area contributed by atoms with Crippen molar-refractivity contribution in [3.63, 3.8) is 0 Å². The van der Waals surface area contributed by atoms with Gasteiger partial charge in [-0.05, 0) is 24.8 Å². The number of nitrogens with zero attached hydrogens (tertiary/aromatic N) is 1. The number of carbonyl (C=O) groups excluding carboxylic acids is 4. The number of likely N-dealkylation sites (tertiary alicyclic amines) is 1. The largest absolute Gasteiger partial charge is 0.468 e. The van der Waals surface area contributed by atoms with Crippen LogP contribution in [-0.2, 0) is 19.1 Å². The quantitative estimate of drug-likeness (QED) is 0.642. The molecule has 1 aliphatic rings. The van der Waals surface area contributed by atoms with E-state index in [9.17, 15) is 19.2 Å². The van der Waals surface area contributed by atoms with Gasteiger partial charge in [-0.3, -0.25) is 24.1 Å². The fraction of sp³-hybridized carbons (Fsp3) is 0.429. The molecule has 2 rings (SSSR count). The summed E-state index contributed by atoms with van der Waals surface area (Å²) in [6.45, 7) is 1.38. The first kappa shape index (κ1) is 16.2. The van der Waals surface area contributed by atoms with E-state index < -0.39 is 30.4 Å². The predicted octanol–water partition coefficient (Wildman–Crippen LogP) is 0.477. The van der Waals surface area contributed by atoms with E-state index >= 15 is 0 Å². The lowest BCUT2D eigenvalue weighted by molar-refractivity contribution is -0.157. The number of aryl methyl sites for hydroxylation is 1. The number of ether oxygens (including phenoxy) is 1. The molecule has 1 atom stereocenters. The SMILES string of the molecule is COC(=O)CN1C(=O)CCC(NC(=O)c2ccsc2C)C1=O. The number of imide groups is 1. The van der Waals surface area contributed by atoms with Crippen LogP contribution in [-0.4, -0.2) is 48.3 Å². The number of amides is 3. The number of hydrogen-bond acceptors (Lipinski definition) is 6. The molecule has 3 amide bonds. The molecule has 1 N–H and O–H groups in total. The third-order valence-corrected chi connectivity index (χ3v) is 4.28. The predicted molar refractivity (Wildman–Crippen MR) is 78.3 cm³/mol. The highest BCUT2D eigenvalue weighted by Crippen LogP contribution is 2.17. The molecule has 0 spiro atoms. The summed E-state index contributed by atoms with van der Waals surface area (Å²) >= 11 is 1.44. The third kappa shape index (κ3) is 3.33. The van der Waals surface area contributed by atoms with Crippen LogP contribution >= 0.6 is 11.3 Å². The molecule has 0 bridgehead atoms. The van der Waals surface area contributed by atoms with Gasteiger partial charge in [-0.25, -0.2) is 0 Å². The molecule has 1 unspecified atom stereocenters. The van der Waals surface area contributed by atoms with Gasteiger partial charge in [0.25, 0.3) is 11.8 Å². The van der Waals surface area contributed by atoms with Gasteiger partial charge in [0, 0.05) is 11.3 Å². The Morgan fingerprint density at radius 2 is 2.18 bits per heavy atom. The summed E-state index contributed by atoms with van der Waals surface area (Å²) in [5.41, 5.74) is 0.509. The van der Waals surface area contributed by atoms with E-state index in [0.29, 0.717) is 5.56 Å². The second-order valence-electron chi connectivity index (χ2n) is 4.85. The van der Waals surface area contributed by atoms with Crippen LogP contribution in [0.3, 0.4) is 0 Å². The summed E-state index contributed by atoms with van der Waals surface area (Å²) in [5.74, 6) is -2.05. The summed E-state index contributed by atoms with van der Waals surface area (Å²) in [6.07, 6.45) is 0.320. The maximum atomic E-state index is 12.3. The lowest BCUT2D eigenvalue weighted by Gasteiger charge is -2.30. The van der Waals surface area contributed by atoms with Crippen LogP contribution in [0.4, 0.5) is 0 Å². The molecular weight excluding hydrogens is 308 g/mol. The lowest BCUT2D eigenvalue weighted by Crippen LogP contribution is -2.55. The van der Waals surface area contributed by atoms with Crippen molar-refractivity contribution in [3.05, 3.63) is 21.9 Å². The number of thiophene rings is 1. The molecular formula is C14H16N2O5S. The number of esters is 1.